The average Bonchev–Trinajstić information content (AvgIpc) is 2.03. The molecule has 0 aliphatic carbocycles. The highest BCUT2D eigenvalue weighted by Gasteiger charge is 2.12. The SMILES string of the molecule is O=[C]OCC1CNCCO1. The maximum absolute atomic E-state index is 9.62. The van der Waals surface area contributed by atoms with E-state index in [1.165, 1.54) is 6.47 Å². The molecule has 1 saturated heterocycles. The second-order valence-corrected chi connectivity index (χ2v) is 2.09. The van der Waals surface area contributed by atoms with Gasteiger partial charge in [0.1, 0.15) is 12.7 Å². The molecule has 1 fully saturated rings. The maximum atomic E-state index is 9.62. The number of hydrogen-bond donors (Lipinski definition) is 1. The molecule has 0 spiro atoms. The lowest BCUT2D eigenvalue weighted by molar-refractivity contribution is -0.00331. The third kappa shape index (κ3) is 2.33. The van der Waals surface area contributed by atoms with Gasteiger partial charge in [-0.05, 0) is 0 Å². The van der Waals surface area contributed by atoms with Crippen molar-refractivity contribution < 1.29 is 14.3 Å². The molecule has 1 heterocycles. The van der Waals surface area contributed by atoms with Crippen LogP contribution < -0.4 is 5.32 Å². The van der Waals surface area contributed by atoms with Crippen molar-refractivity contribution in [1.29, 1.82) is 0 Å². The number of carbonyl (C=O) groups excluding carboxylic acids is 1. The topological polar surface area (TPSA) is 47.6 Å². The molecule has 0 aromatic heterocycles. The first kappa shape index (κ1) is 7.50. The number of morpholine rings is 1. The summed E-state index contributed by atoms with van der Waals surface area (Å²) in [4.78, 5) is 9.62. The lowest BCUT2D eigenvalue weighted by Gasteiger charge is -2.21. The van der Waals surface area contributed by atoms with Crippen LogP contribution in [0.2, 0.25) is 0 Å². The summed E-state index contributed by atoms with van der Waals surface area (Å²) < 4.78 is 9.62. The van der Waals surface area contributed by atoms with E-state index in [0.29, 0.717) is 13.2 Å². The molecule has 0 bridgehead atoms. The average molecular weight is 144 g/mol. The Labute approximate surface area is 59.5 Å². The van der Waals surface area contributed by atoms with E-state index in [0.717, 1.165) is 13.1 Å². The molecule has 1 atom stereocenters. The maximum Gasteiger partial charge on any atom is 0.417 e. The number of nitrogens with one attached hydrogen (secondary N) is 1. The molecule has 0 amide bonds. The summed E-state index contributed by atoms with van der Waals surface area (Å²) in [5, 5.41) is 3.11. The highest BCUT2D eigenvalue weighted by atomic mass is 16.6. The van der Waals surface area contributed by atoms with E-state index < -0.39 is 0 Å². The molecule has 1 aliphatic rings. The Balaban J connectivity index is 2.07. The Hall–Kier alpha value is -0.610. The Bertz CT molecular complexity index is 101. The van der Waals surface area contributed by atoms with Crippen LogP contribution in [0.3, 0.4) is 0 Å². The van der Waals surface area contributed by atoms with Gasteiger partial charge in [-0.15, -0.1) is 0 Å². The van der Waals surface area contributed by atoms with Crippen molar-refractivity contribution in [3.8, 4) is 0 Å². The minimum absolute atomic E-state index is 0.00944. The molecule has 0 saturated carbocycles. The minimum Gasteiger partial charge on any atom is -0.454 e. The fourth-order valence-electron chi connectivity index (χ4n) is 0.854. The van der Waals surface area contributed by atoms with Gasteiger partial charge in [-0.25, -0.2) is 4.79 Å². The molecule has 4 nitrogen and oxygen atoms in total. The summed E-state index contributed by atoms with van der Waals surface area (Å²) in [5.74, 6) is 0. The zero-order chi connectivity index (χ0) is 7.23. The van der Waals surface area contributed by atoms with E-state index in [1.807, 2.05) is 0 Å². The molecule has 4 heteroatoms. The van der Waals surface area contributed by atoms with Gasteiger partial charge in [0.15, 0.2) is 0 Å². The van der Waals surface area contributed by atoms with E-state index in [1.54, 1.807) is 0 Å². The third-order valence-corrected chi connectivity index (χ3v) is 1.33. The fraction of sp³-hybridized carbons (Fsp3) is 0.833. The molecule has 0 aromatic rings. The molecular weight excluding hydrogens is 134 g/mol. The minimum atomic E-state index is 0.00944. The lowest BCUT2D eigenvalue weighted by atomic mass is 10.3. The first-order valence-electron chi connectivity index (χ1n) is 3.24. The van der Waals surface area contributed by atoms with Crippen LogP contribution in [-0.2, 0) is 14.3 Å². The van der Waals surface area contributed by atoms with Gasteiger partial charge in [-0.3, -0.25) is 0 Å². The van der Waals surface area contributed by atoms with Gasteiger partial charge in [0.2, 0.25) is 0 Å². The molecule has 10 heavy (non-hydrogen) atoms. The molecule has 1 N–H and O–H groups in total. The zero-order valence-electron chi connectivity index (χ0n) is 5.63. The largest absolute Gasteiger partial charge is 0.454 e. The molecule has 1 unspecified atom stereocenters. The van der Waals surface area contributed by atoms with Crippen LogP contribution in [-0.4, -0.2) is 38.9 Å². The second kappa shape index (κ2) is 4.24. The highest BCUT2D eigenvalue weighted by molar-refractivity contribution is 5.38. The smallest absolute Gasteiger partial charge is 0.417 e. The Morgan fingerprint density at radius 3 is 3.30 bits per heavy atom. The van der Waals surface area contributed by atoms with Crippen molar-refractivity contribution in [3.05, 3.63) is 0 Å². The van der Waals surface area contributed by atoms with Crippen LogP contribution in [0.25, 0.3) is 0 Å². The summed E-state index contributed by atoms with van der Waals surface area (Å²) in [6, 6.07) is 0. The van der Waals surface area contributed by atoms with E-state index >= 15 is 0 Å². The van der Waals surface area contributed by atoms with E-state index in [2.05, 4.69) is 10.1 Å². The first-order chi connectivity index (χ1) is 4.93. The van der Waals surface area contributed by atoms with Crippen LogP contribution in [0, 0.1) is 0 Å². The van der Waals surface area contributed by atoms with Crippen LogP contribution in [0.5, 0.6) is 0 Å². The molecular formula is C6H10NO3. The quantitative estimate of drug-likeness (QED) is 0.555. The van der Waals surface area contributed by atoms with Gasteiger partial charge in [0.05, 0.1) is 6.61 Å². The number of hydrogen-bond acceptors (Lipinski definition) is 4. The molecule has 1 rings (SSSR count). The summed E-state index contributed by atoms with van der Waals surface area (Å²) in [7, 11) is 0. The number of rotatable bonds is 3. The van der Waals surface area contributed by atoms with E-state index in [4.69, 9.17) is 4.74 Å². The fourth-order valence-corrected chi connectivity index (χ4v) is 0.854. The van der Waals surface area contributed by atoms with Crippen molar-refractivity contribution in [2.75, 3.05) is 26.3 Å². The zero-order valence-corrected chi connectivity index (χ0v) is 5.63. The summed E-state index contributed by atoms with van der Waals surface area (Å²) in [6.07, 6.45) is 0.00944. The van der Waals surface area contributed by atoms with Gasteiger partial charge in [-0.2, -0.15) is 0 Å². The van der Waals surface area contributed by atoms with Gasteiger partial charge >= 0.3 is 6.47 Å². The normalized spacial score (nSPS) is 25.8. The molecule has 1 aliphatic heterocycles. The Morgan fingerprint density at radius 1 is 1.80 bits per heavy atom. The molecule has 0 aromatic carbocycles. The third-order valence-electron chi connectivity index (χ3n) is 1.33. The van der Waals surface area contributed by atoms with Crippen molar-refractivity contribution >= 4 is 6.47 Å². The van der Waals surface area contributed by atoms with Crippen molar-refractivity contribution in [2.24, 2.45) is 0 Å². The van der Waals surface area contributed by atoms with Gasteiger partial charge in [-0.1, -0.05) is 0 Å². The Morgan fingerprint density at radius 2 is 2.70 bits per heavy atom. The molecule has 1 radical (unpaired) electrons. The van der Waals surface area contributed by atoms with Gasteiger partial charge in [0, 0.05) is 13.1 Å². The van der Waals surface area contributed by atoms with E-state index in [9.17, 15) is 4.79 Å². The van der Waals surface area contributed by atoms with Crippen LogP contribution in [0.4, 0.5) is 0 Å². The van der Waals surface area contributed by atoms with Crippen LogP contribution in [0.1, 0.15) is 0 Å². The summed E-state index contributed by atoms with van der Waals surface area (Å²) >= 11 is 0. The predicted octanol–water partition coefficient (Wildman–Crippen LogP) is -0.941. The summed E-state index contributed by atoms with van der Waals surface area (Å²) in [5.41, 5.74) is 0. The standard InChI is InChI=1S/C6H10NO3/c8-5-9-4-6-3-7-1-2-10-6/h6-7H,1-4H2. The summed E-state index contributed by atoms with van der Waals surface area (Å²) in [6.45, 7) is 3.97. The van der Waals surface area contributed by atoms with Crippen LogP contribution >= 0.6 is 0 Å². The second-order valence-electron chi connectivity index (χ2n) is 2.09. The highest BCUT2D eigenvalue weighted by Crippen LogP contribution is 1.94. The monoisotopic (exact) mass is 144 g/mol. The Kier molecular flexibility index (Phi) is 3.18. The lowest BCUT2D eigenvalue weighted by Crippen LogP contribution is -2.40. The molecule has 57 valence electrons. The predicted molar refractivity (Wildman–Crippen MR) is 34.3 cm³/mol. The number of ether oxygens (including phenoxy) is 2. The van der Waals surface area contributed by atoms with Gasteiger partial charge < -0.3 is 14.8 Å². The first-order valence-corrected chi connectivity index (χ1v) is 3.24. The van der Waals surface area contributed by atoms with Crippen molar-refractivity contribution in [1.82, 2.24) is 5.32 Å². The van der Waals surface area contributed by atoms with Gasteiger partial charge in [0.25, 0.3) is 0 Å². The van der Waals surface area contributed by atoms with Crippen molar-refractivity contribution in [2.45, 2.75) is 6.10 Å². The van der Waals surface area contributed by atoms with E-state index in [-0.39, 0.29) is 6.10 Å². The van der Waals surface area contributed by atoms with Crippen LogP contribution in [0.15, 0.2) is 0 Å². The van der Waals surface area contributed by atoms with Crippen molar-refractivity contribution in [3.63, 3.8) is 0 Å².